The van der Waals surface area contributed by atoms with Crippen molar-refractivity contribution in [2.75, 3.05) is 13.1 Å². The van der Waals surface area contributed by atoms with Crippen molar-refractivity contribution in [3.8, 4) is 0 Å². The molecule has 7 heteroatoms. The van der Waals surface area contributed by atoms with Crippen LogP contribution in [0, 0.1) is 19.8 Å². The number of sulfonamides is 1. The van der Waals surface area contributed by atoms with Crippen molar-refractivity contribution >= 4 is 10.0 Å². The summed E-state index contributed by atoms with van der Waals surface area (Å²) in [6.45, 7) is 6.95. The van der Waals surface area contributed by atoms with Crippen molar-refractivity contribution < 1.29 is 8.42 Å². The quantitative estimate of drug-likeness (QED) is 0.707. The predicted molar refractivity (Wildman–Crippen MR) is 64.2 cm³/mol. The van der Waals surface area contributed by atoms with Crippen molar-refractivity contribution in [3.05, 3.63) is 11.4 Å². The zero-order valence-electron chi connectivity index (χ0n) is 10.2. The first-order valence-corrected chi connectivity index (χ1v) is 7.14. The molecule has 1 fully saturated rings. The van der Waals surface area contributed by atoms with Gasteiger partial charge in [-0.15, -0.1) is 0 Å². The smallest absolute Gasteiger partial charge is 0.244 e. The summed E-state index contributed by atoms with van der Waals surface area (Å²) in [5.74, 6) is 0.303. The van der Waals surface area contributed by atoms with Gasteiger partial charge in [-0.3, -0.25) is 5.10 Å². The Morgan fingerprint density at radius 1 is 1.35 bits per heavy atom. The number of aromatic amines is 1. The van der Waals surface area contributed by atoms with E-state index in [1.165, 1.54) is 0 Å². The molecule has 0 amide bonds. The van der Waals surface area contributed by atoms with Gasteiger partial charge in [0.25, 0.3) is 0 Å². The Morgan fingerprint density at radius 2 is 2.06 bits per heavy atom. The summed E-state index contributed by atoms with van der Waals surface area (Å²) < 4.78 is 27.2. The number of hydrogen-bond donors (Lipinski definition) is 3. The molecule has 17 heavy (non-hydrogen) atoms. The average molecular weight is 258 g/mol. The fourth-order valence-corrected chi connectivity index (χ4v) is 3.88. The lowest BCUT2D eigenvalue weighted by atomic mass is 10.1. The van der Waals surface area contributed by atoms with Crippen LogP contribution < -0.4 is 10.0 Å². The topological polar surface area (TPSA) is 86.9 Å². The molecule has 0 bridgehead atoms. The normalized spacial score (nSPS) is 25.4. The molecule has 2 atom stereocenters. The molecule has 2 unspecified atom stereocenters. The lowest BCUT2D eigenvalue weighted by Gasteiger charge is -2.16. The highest BCUT2D eigenvalue weighted by Gasteiger charge is 2.30. The first kappa shape index (κ1) is 12.5. The Balaban J connectivity index is 2.25. The SMILES string of the molecule is Cc1n[nH]c(C)c1S(=O)(=O)NC1CNCC1C. The summed E-state index contributed by atoms with van der Waals surface area (Å²) >= 11 is 0. The minimum absolute atomic E-state index is 0.0475. The fourth-order valence-electron chi connectivity index (χ4n) is 2.16. The molecule has 2 rings (SSSR count). The molecule has 1 aliphatic heterocycles. The number of aromatic nitrogens is 2. The second-order valence-electron chi connectivity index (χ2n) is 4.63. The summed E-state index contributed by atoms with van der Waals surface area (Å²) in [7, 11) is -3.48. The van der Waals surface area contributed by atoms with Crippen LogP contribution in [0.4, 0.5) is 0 Å². The largest absolute Gasteiger partial charge is 0.315 e. The van der Waals surface area contributed by atoms with Gasteiger partial charge < -0.3 is 5.32 Å². The van der Waals surface area contributed by atoms with Crippen molar-refractivity contribution in [1.82, 2.24) is 20.2 Å². The van der Waals surface area contributed by atoms with Crippen molar-refractivity contribution in [3.63, 3.8) is 0 Å². The standard InChI is InChI=1S/C10H18N4O2S/c1-6-4-11-5-9(6)14-17(15,16)10-7(2)12-13-8(10)3/h6,9,11,14H,4-5H2,1-3H3,(H,12,13). The maximum atomic E-state index is 12.2. The number of aryl methyl sites for hydroxylation is 2. The lowest BCUT2D eigenvalue weighted by Crippen LogP contribution is -2.39. The predicted octanol–water partition coefficient (Wildman–Crippen LogP) is -0.0873. The Bertz CT molecular complexity index is 489. The summed E-state index contributed by atoms with van der Waals surface area (Å²) in [5.41, 5.74) is 1.09. The Morgan fingerprint density at radius 3 is 2.53 bits per heavy atom. The molecule has 1 aromatic heterocycles. The van der Waals surface area contributed by atoms with Crippen LogP contribution >= 0.6 is 0 Å². The summed E-state index contributed by atoms with van der Waals surface area (Å²) in [5, 5.41) is 9.78. The van der Waals surface area contributed by atoms with Gasteiger partial charge in [-0.2, -0.15) is 5.10 Å². The van der Waals surface area contributed by atoms with E-state index in [9.17, 15) is 8.42 Å². The molecule has 0 saturated carbocycles. The minimum atomic E-state index is -3.48. The number of nitrogens with one attached hydrogen (secondary N) is 3. The first-order valence-electron chi connectivity index (χ1n) is 5.66. The van der Waals surface area contributed by atoms with Gasteiger partial charge in [-0.1, -0.05) is 6.92 Å². The van der Waals surface area contributed by atoms with E-state index in [0.717, 1.165) is 6.54 Å². The van der Waals surface area contributed by atoms with Crippen LogP contribution in [0.3, 0.4) is 0 Å². The van der Waals surface area contributed by atoms with Crippen molar-refractivity contribution in [1.29, 1.82) is 0 Å². The van der Waals surface area contributed by atoms with E-state index in [-0.39, 0.29) is 10.9 Å². The third-order valence-corrected chi connectivity index (χ3v) is 4.91. The van der Waals surface area contributed by atoms with E-state index < -0.39 is 10.0 Å². The summed E-state index contributed by atoms with van der Waals surface area (Å²) in [6, 6.07) is -0.0475. The van der Waals surface area contributed by atoms with E-state index in [1.807, 2.05) is 6.92 Å². The fraction of sp³-hybridized carbons (Fsp3) is 0.700. The first-order chi connectivity index (χ1) is 7.92. The zero-order chi connectivity index (χ0) is 12.6. The van der Waals surface area contributed by atoms with Gasteiger partial charge in [0.1, 0.15) is 4.90 Å². The third-order valence-electron chi connectivity index (χ3n) is 3.15. The number of hydrogen-bond acceptors (Lipinski definition) is 4. The summed E-state index contributed by atoms with van der Waals surface area (Å²) in [4.78, 5) is 0.275. The molecule has 6 nitrogen and oxygen atoms in total. The molecule has 0 aromatic carbocycles. The second-order valence-corrected chi connectivity index (χ2v) is 6.28. The maximum Gasteiger partial charge on any atom is 0.244 e. The number of nitrogens with zero attached hydrogens (tertiary/aromatic N) is 1. The Labute approximate surface area is 101 Å². The Kier molecular flexibility index (Phi) is 3.24. The van der Waals surface area contributed by atoms with Gasteiger partial charge in [0.2, 0.25) is 10.0 Å². The number of rotatable bonds is 3. The zero-order valence-corrected chi connectivity index (χ0v) is 11.1. The van der Waals surface area contributed by atoms with Crippen LogP contribution in [0.25, 0.3) is 0 Å². The van der Waals surface area contributed by atoms with E-state index in [0.29, 0.717) is 23.9 Å². The maximum absolute atomic E-state index is 12.2. The molecule has 1 aromatic rings. The van der Waals surface area contributed by atoms with Gasteiger partial charge in [-0.25, -0.2) is 13.1 Å². The highest BCUT2D eigenvalue weighted by atomic mass is 32.2. The van der Waals surface area contributed by atoms with Crippen LogP contribution in [-0.4, -0.2) is 37.7 Å². The average Bonchev–Trinajstić information content (AvgIpc) is 2.74. The number of H-pyrrole nitrogens is 1. The molecule has 1 aliphatic rings. The highest BCUT2D eigenvalue weighted by Crippen LogP contribution is 2.18. The van der Waals surface area contributed by atoms with Crippen molar-refractivity contribution in [2.24, 2.45) is 5.92 Å². The highest BCUT2D eigenvalue weighted by molar-refractivity contribution is 7.89. The van der Waals surface area contributed by atoms with E-state index in [2.05, 4.69) is 20.2 Å². The van der Waals surface area contributed by atoms with Crippen LogP contribution in [0.15, 0.2) is 4.90 Å². The minimum Gasteiger partial charge on any atom is -0.315 e. The molecule has 1 saturated heterocycles. The second kappa shape index (κ2) is 4.40. The molecule has 2 heterocycles. The van der Waals surface area contributed by atoms with Crippen LogP contribution in [0.1, 0.15) is 18.3 Å². The molecule has 0 radical (unpaired) electrons. The van der Waals surface area contributed by atoms with Crippen molar-refractivity contribution in [2.45, 2.75) is 31.7 Å². The molecule has 3 N–H and O–H groups in total. The molecular weight excluding hydrogens is 240 g/mol. The monoisotopic (exact) mass is 258 g/mol. The van der Waals surface area contributed by atoms with Gasteiger partial charge >= 0.3 is 0 Å². The van der Waals surface area contributed by atoms with E-state index in [1.54, 1.807) is 13.8 Å². The molecular formula is C10H18N4O2S. The van der Waals surface area contributed by atoms with Crippen LogP contribution in [-0.2, 0) is 10.0 Å². The Hall–Kier alpha value is -0.920. The van der Waals surface area contributed by atoms with Crippen LogP contribution in [0.2, 0.25) is 0 Å². The summed E-state index contributed by atoms with van der Waals surface area (Å²) in [6.07, 6.45) is 0. The van der Waals surface area contributed by atoms with E-state index in [4.69, 9.17) is 0 Å². The third kappa shape index (κ3) is 2.36. The van der Waals surface area contributed by atoms with Gasteiger partial charge in [0.15, 0.2) is 0 Å². The van der Waals surface area contributed by atoms with Gasteiger partial charge in [0, 0.05) is 12.6 Å². The van der Waals surface area contributed by atoms with E-state index >= 15 is 0 Å². The lowest BCUT2D eigenvalue weighted by molar-refractivity contribution is 0.502. The van der Waals surface area contributed by atoms with Gasteiger partial charge in [-0.05, 0) is 26.3 Å². The van der Waals surface area contributed by atoms with Crippen LogP contribution in [0.5, 0.6) is 0 Å². The molecule has 96 valence electrons. The molecule has 0 spiro atoms. The van der Waals surface area contributed by atoms with Gasteiger partial charge in [0.05, 0.1) is 11.4 Å². The molecule has 0 aliphatic carbocycles.